The molecule has 15 rings (SSSR count). The average molecular weight is 1160 g/mol. The number of hydrogen-bond donors (Lipinski definition) is 0. The molecular weight excluding hydrogens is 1070 g/mol. The minimum atomic E-state index is -2.35. The fraction of sp³-hybridized carbons (Fsp3) is 0.231. The van der Waals surface area contributed by atoms with Gasteiger partial charge in [0.25, 0.3) is 0 Å². The number of benzene rings is 6. The van der Waals surface area contributed by atoms with Gasteiger partial charge in [-0.05, 0) is 208 Å². The Morgan fingerprint density at radius 3 is 1.36 bits per heavy atom. The first-order chi connectivity index (χ1) is 46.3. The van der Waals surface area contributed by atoms with Gasteiger partial charge in [0.15, 0.2) is 18.6 Å². The third kappa shape index (κ3) is 9.64. The van der Waals surface area contributed by atoms with Crippen molar-refractivity contribution in [3.63, 3.8) is 0 Å². The van der Waals surface area contributed by atoms with Gasteiger partial charge < -0.3 is 13.3 Å². The SMILES string of the molecule is [2H]C([2H])([2H])c1c[n+](C)c(-c2c(C)cc(C([2H])([2H])[2H])c3c2oc2cc4ccc(C)nc4cc23)cc1C.[2H]C([2H])([2H])c1c[n+](C)c(-c2c(C)ccc3c2oc2cc4c(C)cc(C)nc4cc23)cc1C.[2H]C([2H])([2H])c1c[n+](C)c(-c2c(C)ccc3c2oc2cc4cc(C)c(C)nc4cc23)cc1C. The molecule has 0 aliphatic rings. The lowest BCUT2D eigenvalue weighted by Crippen LogP contribution is -2.31. The number of nitrogens with zero attached hydrogens (tertiary/aromatic N) is 6. The summed E-state index contributed by atoms with van der Waals surface area (Å²) in [5.41, 5.74) is 23.7. The van der Waals surface area contributed by atoms with E-state index in [1.54, 1.807) is 43.2 Å². The summed E-state index contributed by atoms with van der Waals surface area (Å²) in [6.07, 6.45) is 5.04. The Kier molecular flexibility index (Phi) is 10.7. The standard InChI is InChI=1S/3C26H25N2O/c1-14-10-22(28(6)13-17(14)4)25-16(3)9-15(2)24-20-12-21-19(8-7-18(5)27-21)11-23(20)29-26(24)25;1-14-7-8-20-21-12-22-19(9-16(3)18(5)27-22)11-24(21)29-26(20)25(14)23-10-15(2)17(4)13-28(23)6;1-14-7-8-19-21-11-22-20(16(3)9-18(5)27-22)12-24(21)29-26(19)25(14)23-10-15(2)17(4)13-28(23)6/h3*7-13H,1-6H3/q3*+1/i2D3,4D3;2*4D3. The molecule has 0 N–H and O–H groups in total. The number of aromatic nitrogens is 6. The summed E-state index contributed by atoms with van der Waals surface area (Å²) < 4.78 is 120. The molecule has 9 heteroatoms. The van der Waals surface area contributed by atoms with Gasteiger partial charge in [-0.25, -0.2) is 13.7 Å². The fourth-order valence-electron chi connectivity index (χ4n) is 12.5. The Bertz CT molecular complexity index is 5930. The van der Waals surface area contributed by atoms with Crippen LogP contribution < -0.4 is 13.7 Å². The summed E-state index contributed by atoms with van der Waals surface area (Å²) in [6, 6.07) is 36.1. The van der Waals surface area contributed by atoms with E-state index in [4.69, 9.17) is 39.7 Å². The summed E-state index contributed by atoms with van der Waals surface area (Å²) in [5, 5.41) is 8.39. The summed E-state index contributed by atoms with van der Waals surface area (Å²) in [6.45, 7) is 12.7. The van der Waals surface area contributed by atoms with Crippen LogP contribution in [-0.2, 0) is 21.1 Å². The Labute approximate surface area is 525 Å². The first-order valence-electron chi connectivity index (χ1n) is 35.1. The zero-order valence-electron chi connectivity index (χ0n) is 63.5. The second-order valence-corrected chi connectivity index (χ2v) is 23.9. The third-order valence-electron chi connectivity index (χ3n) is 17.4. The normalized spacial score (nSPS) is 14.4. The van der Waals surface area contributed by atoms with E-state index >= 15 is 0 Å². The molecule has 0 spiro atoms. The van der Waals surface area contributed by atoms with Crippen LogP contribution in [0, 0.1) is 104 Å². The smallest absolute Gasteiger partial charge is 0.216 e. The Balaban J connectivity index is 0.000000134. The fourth-order valence-corrected chi connectivity index (χ4v) is 12.5. The van der Waals surface area contributed by atoms with Gasteiger partial charge in [-0.15, -0.1) is 0 Å². The highest BCUT2D eigenvalue weighted by atomic mass is 16.3. The second kappa shape index (κ2) is 21.1. The van der Waals surface area contributed by atoms with E-state index in [0.29, 0.717) is 38.6 Å². The van der Waals surface area contributed by atoms with Crippen LogP contribution in [0.3, 0.4) is 0 Å². The summed E-state index contributed by atoms with van der Waals surface area (Å²) in [4.78, 5) is 14.1. The predicted octanol–water partition coefficient (Wildman–Crippen LogP) is 18.5. The highest BCUT2D eigenvalue weighted by Gasteiger charge is 2.26. The summed E-state index contributed by atoms with van der Waals surface area (Å²) in [5.74, 6) is 0. The van der Waals surface area contributed by atoms with E-state index in [1.807, 2.05) is 107 Å². The van der Waals surface area contributed by atoms with Gasteiger partial charge in [0.1, 0.15) is 54.6 Å². The monoisotopic (exact) mass is 1160 g/mol. The molecule has 0 aliphatic carbocycles. The molecule has 0 unspecified atom stereocenters. The third-order valence-corrected chi connectivity index (χ3v) is 17.4. The van der Waals surface area contributed by atoms with Crippen LogP contribution in [-0.4, -0.2) is 15.0 Å². The van der Waals surface area contributed by atoms with E-state index in [0.717, 1.165) is 161 Å². The van der Waals surface area contributed by atoms with Crippen molar-refractivity contribution < 1.29 is 43.4 Å². The number of fused-ring (bicyclic) bond motifs is 12. The maximum atomic E-state index is 8.22. The molecule has 6 aromatic carbocycles. The minimum Gasteiger partial charge on any atom is -0.455 e. The molecule has 9 nitrogen and oxygen atoms in total. The minimum absolute atomic E-state index is 0.220. The molecule has 0 aliphatic heterocycles. The molecule has 0 saturated carbocycles. The highest BCUT2D eigenvalue weighted by Crippen LogP contribution is 2.43. The van der Waals surface area contributed by atoms with Gasteiger partial charge in [0.2, 0.25) is 17.1 Å². The number of pyridine rings is 6. The van der Waals surface area contributed by atoms with Gasteiger partial charge >= 0.3 is 0 Å². The van der Waals surface area contributed by atoms with Gasteiger partial charge in [0, 0.05) is 117 Å². The molecule has 9 aromatic heterocycles. The van der Waals surface area contributed by atoms with Crippen LogP contribution in [0.1, 0.15) is 100 Å². The van der Waals surface area contributed by atoms with Crippen molar-refractivity contribution >= 4 is 98.5 Å². The molecule has 0 bridgehead atoms. The molecule has 0 saturated heterocycles. The molecule has 0 radical (unpaired) electrons. The van der Waals surface area contributed by atoms with E-state index in [9.17, 15) is 0 Å². The van der Waals surface area contributed by atoms with E-state index in [1.165, 1.54) is 5.56 Å². The first-order valence-corrected chi connectivity index (χ1v) is 29.1. The molecule has 0 fully saturated rings. The Hall–Kier alpha value is -9.60. The summed E-state index contributed by atoms with van der Waals surface area (Å²) >= 11 is 0. The lowest BCUT2D eigenvalue weighted by atomic mass is 9.95. The van der Waals surface area contributed by atoms with Crippen LogP contribution in [0.25, 0.3) is 132 Å². The van der Waals surface area contributed by atoms with E-state index in [2.05, 4.69) is 93.3 Å². The van der Waals surface area contributed by atoms with Crippen molar-refractivity contribution in [1.82, 2.24) is 15.0 Å². The zero-order valence-corrected chi connectivity index (χ0v) is 51.5. The molecule has 432 valence electrons. The number of rotatable bonds is 3. The predicted molar refractivity (Wildman–Crippen MR) is 358 cm³/mol. The topological polar surface area (TPSA) is 89.7 Å². The van der Waals surface area contributed by atoms with Crippen molar-refractivity contribution in [3.8, 4) is 33.8 Å². The molecule has 15 aromatic rings. The molecule has 87 heavy (non-hydrogen) atoms. The van der Waals surface area contributed by atoms with Crippen molar-refractivity contribution in [2.45, 2.75) is 104 Å². The van der Waals surface area contributed by atoms with Gasteiger partial charge in [-0.1, -0.05) is 36.4 Å². The van der Waals surface area contributed by atoms with E-state index < -0.39 is 27.4 Å². The maximum absolute atomic E-state index is 8.22. The van der Waals surface area contributed by atoms with Crippen molar-refractivity contribution in [2.75, 3.05) is 0 Å². The van der Waals surface area contributed by atoms with Gasteiger partial charge in [-0.2, -0.15) is 0 Å². The van der Waals surface area contributed by atoms with E-state index in [-0.39, 0.29) is 11.1 Å². The maximum Gasteiger partial charge on any atom is 0.216 e. The molecule has 0 atom stereocenters. The van der Waals surface area contributed by atoms with Crippen LogP contribution in [0.2, 0.25) is 0 Å². The van der Waals surface area contributed by atoms with Crippen LogP contribution in [0.15, 0.2) is 141 Å². The second-order valence-electron chi connectivity index (χ2n) is 23.9. The van der Waals surface area contributed by atoms with Crippen LogP contribution in [0.4, 0.5) is 0 Å². The quantitative estimate of drug-likeness (QED) is 0.164. The Morgan fingerprint density at radius 2 is 0.793 bits per heavy atom. The number of aryl methyl sites for hydroxylation is 18. The van der Waals surface area contributed by atoms with Crippen molar-refractivity contribution in [2.24, 2.45) is 21.1 Å². The summed E-state index contributed by atoms with van der Waals surface area (Å²) in [7, 11) is 5.56. The van der Waals surface area contributed by atoms with Crippen molar-refractivity contribution in [3.05, 3.63) is 212 Å². The molecule has 0 amide bonds. The first kappa shape index (κ1) is 43.9. The number of hydrogen-bond acceptors (Lipinski definition) is 6. The van der Waals surface area contributed by atoms with Crippen LogP contribution >= 0.6 is 0 Å². The number of furan rings is 3. The van der Waals surface area contributed by atoms with Gasteiger partial charge in [0.05, 0.1) is 33.2 Å². The molecular formula is C78H75N6O3+3. The highest BCUT2D eigenvalue weighted by molar-refractivity contribution is 6.16. The molecule has 9 heterocycles. The average Bonchev–Trinajstić information content (AvgIpc) is 1.62. The lowest BCUT2D eigenvalue weighted by Gasteiger charge is -2.09. The van der Waals surface area contributed by atoms with Crippen molar-refractivity contribution in [1.29, 1.82) is 0 Å². The van der Waals surface area contributed by atoms with Gasteiger partial charge in [-0.3, -0.25) is 15.0 Å². The lowest BCUT2D eigenvalue weighted by molar-refractivity contribution is -0.660. The van der Waals surface area contributed by atoms with Crippen LogP contribution in [0.5, 0.6) is 0 Å². The zero-order chi connectivity index (χ0) is 71.3. The Morgan fingerprint density at radius 1 is 0.322 bits per heavy atom. The largest absolute Gasteiger partial charge is 0.455 e.